The van der Waals surface area contributed by atoms with E-state index in [9.17, 15) is 93.9 Å². The minimum absolute atomic E-state index is 0.00293. The van der Waals surface area contributed by atoms with E-state index in [2.05, 4.69) is 24.9 Å². The smallest absolute Gasteiger partial charge is 0.351 e. The molecule has 11 fully saturated rings. The fourth-order valence-electron chi connectivity index (χ4n) is 17.9. The van der Waals surface area contributed by atoms with Crippen molar-refractivity contribution in [2.24, 2.45) is 0 Å². The number of carbonyl (C=O) groups is 1. The number of nitrogen functional groups attached to an aromatic ring is 1. The second-order valence-corrected chi connectivity index (χ2v) is 37.5. The van der Waals surface area contributed by atoms with Crippen molar-refractivity contribution in [2.75, 3.05) is 60.1 Å². The van der Waals surface area contributed by atoms with Crippen molar-refractivity contribution in [1.82, 2.24) is 47.8 Å². The first-order valence-electron chi connectivity index (χ1n) is 44.4. The Morgan fingerprint density at radius 2 is 0.681 bits per heavy atom. The number of aliphatic hydroxyl groups excluding tert-OH is 9. The van der Waals surface area contributed by atoms with E-state index in [4.69, 9.17) is 105 Å². The maximum absolute atomic E-state index is 13.2. The van der Waals surface area contributed by atoms with Crippen LogP contribution in [0.25, 0.3) is 0 Å². The normalized spacial score (nSPS) is 36.1. The number of nitrogens with one attached hydrogen (secondary N) is 4. The summed E-state index contributed by atoms with van der Waals surface area (Å²) in [6, 6.07) is 9.81. The van der Waals surface area contributed by atoms with Gasteiger partial charge in [0.25, 0.3) is 22.2 Å². The van der Waals surface area contributed by atoms with E-state index < -0.39 is 288 Å². The van der Waals surface area contributed by atoms with Crippen molar-refractivity contribution < 1.29 is 150 Å². The first-order chi connectivity index (χ1) is 64.6. The van der Waals surface area contributed by atoms with Crippen LogP contribution in [0.3, 0.4) is 0 Å². The Hall–Kier alpha value is -9.07. The number of esters is 1. The van der Waals surface area contributed by atoms with Gasteiger partial charge < -0.3 is 151 Å². The quantitative estimate of drug-likeness (QED) is 0.0514. The van der Waals surface area contributed by atoms with Crippen LogP contribution in [0.15, 0.2) is 111 Å². The van der Waals surface area contributed by atoms with Gasteiger partial charge in [-0.3, -0.25) is 61.9 Å². The predicted octanol–water partition coefficient (Wildman–Crippen LogP) is -4.51. The van der Waals surface area contributed by atoms with Crippen molar-refractivity contribution >= 4 is 11.8 Å². The van der Waals surface area contributed by atoms with Crippen LogP contribution in [0.2, 0.25) is 0 Å². The maximum atomic E-state index is 13.2. The summed E-state index contributed by atoms with van der Waals surface area (Å²) in [5.41, 5.74) is 1.29. The predicted molar refractivity (Wildman–Crippen MR) is 467 cm³/mol. The van der Waals surface area contributed by atoms with E-state index in [-0.39, 0.29) is 36.8 Å². The Morgan fingerprint density at radius 1 is 0.377 bits per heavy atom. The standard InChI is InChI=1S/C25H30N2O9.C19H28N2O8.C18H26N2O8.C13H20N2O8.C12H19N3O7/c1-13-11-27(23(30)26-20(13)28)21-19(33-22(29)14-9-7-6-8-10-14)18-17(35-25(4,5)36-18)16-15(32-21)12-31-24(2,3)34-16;1-9-7-21(17(23)20-15(9)22)16-14(24-6)13-12(28-19(4,5)29-13)11-10(26-16)8-25-18(2,3)27-11;1-8-6-20(16(23)19-14(8)22)15-10(21)12-13(28-18(4,5)27-12)11-9(25-15)7-24-17(2,3)26-11;1-5-3-15(13(21)14-11(5)20)12-10(22-2)9(19)8(18)7(17)6(4-16)23-12;1-21-10-9(19)8(18)7(17)5(4-16)22-11(10)15-3-2-6(13)14-12(15)20/h6-11,15-19,21H,12H2,1-5H3,(H,26,28,30);7,10-14,16H,8H2,1-6H3,(H,20,22,23);6,9-13,15,21H,7H2,1-5H3,(H,19,22,23);3,6-10,12,16-19H,4H2,1-2H3,(H,14,20,21);2-3,5,7-11,16-19H,4H2,1H3,(H2,13,14,20)/t15?,16-,17?,18+,19?,21?;10?,11-,12?,13+,14?,16?;9?,10?,11-,12-,13?,15?;6-,7-,8-,9-,10-,12-;5-,7-,8-,9-,10-,11-/m11111/s1. The Kier molecular flexibility index (Phi) is 32.2. The summed E-state index contributed by atoms with van der Waals surface area (Å²) in [6.07, 6.45) is -24.1. The van der Waals surface area contributed by atoms with E-state index >= 15 is 0 Å². The number of aryl methyl sites for hydroxylation is 4. The van der Waals surface area contributed by atoms with Gasteiger partial charge >= 0.3 is 34.4 Å². The Bertz CT molecular complexity index is 5830. The summed E-state index contributed by atoms with van der Waals surface area (Å²) < 4.78 is 130. The average molecular weight is 1960 g/mol. The molecule has 0 aliphatic carbocycles. The summed E-state index contributed by atoms with van der Waals surface area (Å²) >= 11 is 0. The Balaban J connectivity index is 0.000000147. The molecule has 766 valence electrons. The average Bonchev–Trinajstić information content (AvgIpc) is 1.60. The largest absolute Gasteiger partial charge is 0.451 e. The van der Waals surface area contributed by atoms with Gasteiger partial charge in [0.15, 0.2) is 72.0 Å². The molecule has 15 N–H and O–H groups in total. The van der Waals surface area contributed by atoms with Crippen LogP contribution in [-0.4, -0.2) is 341 Å². The monoisotopic (exact) mass is 1960 g/mol. The van der Waals surface area contributed by atoms with Crippen molar-refractivity contribution in [3.05, 3.63) is 189 Å². The van der Waals surface area contributed by atoms with Gasteiger partial charge in [0.2, 0.25) is 0 Å². The number of nitrogens with two attached hydrogens (primary N) is 1. The van der Waals surface area contributed by atoms with Crippen LogP contribution in [0, 0.1) is 27.7 Å². The molecule has 30 atom stereocenters. The van der Waals surface area contributed by atoms with Crippen molar-refractivity contribution in [2.45, 2.75) is 329 Å². The fourth-order valence-corrected chi connectivity index (χ4v) is 17.9. The van der Waals surface area contributed by atoms with Crippen LogP contribution in [0.1, 0.15) is 147 Å². The number of H-pyrrole nitrogens is 4. The minimum Gasteiger partial charge on any atom is -0.451 e. The van der Waals surface area contributed by atoms with Gasteiger partial charge in [-0.2, -0.15) is 4.98 Å². The number of anilines is 1. The molecule has 1 aromatic carbocycles. The number of fused-ring (bicyclic) bond motifs is 9. The van der Waals surface area contributed by atoms with Crippen LogP contribution in [-0.2, 0) is 99.5 Å². The number of benzene rings is 1. The molecule has 11 aliphatic rings. The summed E-state index contributed by atoms with van der Waals surface area (Å²) in [5.74, 6) is -6.07. The Morgan fingerprint density at radius 3 is 1.04 bits per heavy atom. The number of ether oxygens (including phenoxy) is 21. The van der Waals surface area contributed by atoms with Crippen LogP contribution in [0.5, 0.6) is 0 Å². The molecule has 51 heteroatoms. The zero-order chi connectivity index (χ0) is 101. The first kappa shape index (κ1) is 106. The van der Waals surface area contributed by atoms with Gasteiger partial charge in [-0.05, 0) is 129 Å². The molecule has 0 bridgehead atoms. The highest BCUT2D eigenvalue weighted by Crippen LogP contribution is 2.48. The van der Waals surface area contributed by atoms with Crippen molar-refractivity contribution in [3.8, 4) is 0 Å². The molecule has 0 spiro atoms. The molecular formula is C87H123N11O40. The molecule has 51 nitrogen and oxygen atoms in total. The fraction of sp³-hybridized carbons (Fsp3) is 0.690. The third-order valence-electron chi connectivity index (χ3n) is 24.6. The SMILES string of the molecule is COC1C(n2cc(C)c(=O)[nH]c2=O)OC2COC(C)(C)O[C@H]2C2OC(C)(C)O[C@H]12.CO[C@@H]1[C@H](O)[C@H](O)[C@H](O)[C@@H](CO)O[C@H]1n1cc(C)c(=O)[nH]c1=O.CO[C@@H]1[C@H](O)[C@H](O)[C@H](O)[C@@H](CO)O[C@H]1n1ccc(N)nc1=O.Cc1cn(C2OC3COC(C)(C)O[C@H]3C3OC(C)(C)O[C@@H]3C2O)c(=O)[nH]c1=O.Cc1cn(C2OC3COC(C)(C)O[C@H]3C3OC(C)(C)O[C@@H]3C2OC(=O)c2ccccc2)c(=O)[nH]c1=O. The lowest BCUT2D eigenvalue weighted by Crippen LogP contribution is -2.55. The molecule has 0 amide bonds. The van der Waals surface area contributed by atoms with Crippen LogP contribution < -0.4 is 56.4 Å². The van der Waals surface area contributed by atoms with Crippen molar-refractivity contribution in [3.63, 3.8) is 0 Å². The number of aliphatic hydroxyl groups is 9. The van der Waals surface area contributed by atoms with Gasteiger partial charge in [0.05, 0.1) is 38.6 Å². The van der Waals surface area contributed by atoms with Crippen LogP contribution >= 0.6 is 0 Å². The zero-order valence-corrected chi connectivity index (χ0v) is 79.1. The van der Waals surface area contributed by atoms with E-state index in [1.54, 1.807) is 106 Å². The number of hydrogen-bond donors (Lipinski definition) is 14. The third-order valence-corrected chi connectivity index (χ3v) is 24.6. The molecule has 12 unspecified atom stereocenters. The highest BCUT2D eigenvalue weighted by atomic mass is 16.8. The molecule has 11 aliphatic heterocycles. The molecule has 138 heavy (non-hydrogen) atoms. The number of hydrogen-bond acceptors (Lipinski definition) is 42. The summed E-state index contributed by atoms with van der Waals surface area (Å²) in [5, 5.41) is 89.7. The van der Waals surface area contributed by atoms with E-state index in [0.29, 0.717) is 16.7 Å². The number of nitrogens with zero attached hydrogens (tertiary/aromatic N) is 6. The van der Waals surface area contributed by atoms with Gasteiger partial charge in [-0.1, -0.05) is 18.2 Å². The second-order valence-electron chi connectivity index (χ2n) is 37.5. The summed E-state index contributed by atoms with van der Waals surface area (Å²) in [4.78, 5) is 135. The molecule has 16 heterocycles. The van der Waals surface area contributed by atoms with E-state index in [0.717, 1.165) is 13.7 Å². The number of rotatable bonds is 12. The lowest BCUT2D eigenvalue weighted by molar-refractivity contribution is -0.333. The van der Waals surface area contributed by atoms with Gasteiger partial charge in [0.1, 0.15) is 152 Å². The number of aromatic amines is 4. The highest BCUT2D eigenvalue weighted by Gasteiger charge is 2.64. The highest BCUT2D eigenvalue weighted by molar-refractivity contribution is 5.89. The van der Waals surface area contributed by atoms with Gasteiger partial charge in [0, 0.05) is 74.6 Å². The zero-order valence-electron chi connectivity index (χ0n) is 79.1. The topological polar surface area (TPSA) is 673 Å². The summed E-state index contributed by atoms with van der Waals surface area (Å²) in [6.45, 7) is 26.9. The third kappa shape index (κ3) is 22.8. The molecular weight excluding hydrogens is 1840 g/mol. The molecule has 0 saturated carbocycles. The Labute approximate surface area is 785 Å². The molecule has 0 radical (unpaired) electrons. The molecule has 11 saturated heterocycles. The first-order valence-corrected chi connectivity index (χ1v) is 44.4. The summed E-state index contributed by atoms with van der Waals surface area (Å²) in [7, 11) is 4.00. The van der Waals surface area contributed by atoms with E-state index in [1.807, 2.05) is 27.7 Å². The van der Waals surface area contributed by atoms with E-state index in [1.165, 1.54) is 74.4 Å². The van der Waals surface area contributed by atoms with Gasteiger partial charge in [-0.25, -0.2) is 28.8 Å². The van der Waals surface area contributed by atoms with Crippen molar-refractivity contribution in [1.29, 1.82) is 0 Å². The maximum Gasteiger partial charge on any atom is 0.351 e. The number of methoxy groups -OCH3 is 3. The number of aromatic nitrogens is 10. The second kappa shape index (κ2) is 41.8. The molecule has 5 aromatic heterocycles. The lowest BCUT2D eigenvalue weighted by atomic mass is 9.99. The molecule has 17 rings (SSSR count). The molecule has 6 aromatic rings. The van der Waals surface area contributed by atoms with Crippen LogP contribution in [0.4, 0.5) is 5.82 Å². The lowest BCUT2D eigenvalue weighted by Gasteiger charge is -2.42. The minimum atomic E-state index is -1.65. The van der Waals surface area contributed by atoms with Gasteiger partial charge in [-0.15, -0.1) is 0 Å². The number of carbonyl (C=O) groups excluding carboxylic acids is 1.